The number of fused-ring (bicyclic) bond motifs is 5. The molecule has 186 valence electrons. The van der Waals surface area contributed by atoms with E-state index >= 15 is 0 Å². The van der Waals surface area contributed by atoms with Crippen LogP contribution in [0.2, 0.25) is 0 Å². The van der Waals surface area contributed by atoms with Gasteiger partial charge in [-0.1, -0.05) is 71.8 Å². The Kier molecular flexibility index (Phi) is 7.23. The minimum atomic E-state index is 0.109. The third kappa shape index (κ3) is 5.00. The smallest absolute Gasteiger partial charge is 0.0233 e. The molecule has 0 radical (unpaired) electrons. The molecule has 33 heavy (non-hydrogen) atoms. The Morgan fingerprint density at radius 3 is 2.36 bits per heavy atom. The summed E-state index contributed by atoms with van der Waals surface area (Å²) in [6, 6.07) is 0. The monoisotopic (exact) mass is 450 g/mol. The molecule has 0 heteroatoms. The van der Waals surface area contributed by atoms with Gasteiger partial charge in [-0.15, -0.1) is 0 Å². The Balaban J connectivity index is 1.46. The highest BCUT2D eigenvalue weighted by atomic mass is 14.6. The van der Waals surface area contributed by atoms with Crippen LogP contribution in [0.25, 0.3) is 0 Å². The van der Waals surface area contributed by atoms with E-state index in [-0.39, 0.29) is 5.41 Å². The second-order valence-corrected chi connectivity index (χ2v) is 14.8. The molecule has 0 unspecified atom stereocenters. The first-order valence-corrected chi connectivity index (χ1v) is 14.7. The predicted octanol–water partition coefficient (Wildman–Crippen LogP) is 9.69. The minimum absolute atomic E-state index is 0.109. The molecular formula is C33H54. The summed E-state index contributed by atoms with van der Waals surface area (Å²) in [5, 5.41) is 0. The van der Waals surface area contributed by atoms with Gasteiger partial charge in [0.25, 0.3) is 0 Å². The van der Waals surface area contributed by atoms with Crippen LogP contribution in [0.1, 0.15) is 126 Å². The molecule has 0 nitrogen and oxygen atoms in total. The Hall–Kier alpha value is -0.700. The van der Waals surface area contributed by atoms with Crippen LogP contribution < -0.4 is 0 Å². The highest BCUT2D eigenvalue weighted by Gasteiger charge is 2.60. The quantitative estimate of drug-likeness (QED) is 0.366. The third-order valence-electron chi connectivity index (χ3n) is 11.1. The van der Waals surface area contributed by atoms with Gasteiger partial charge in [0, 0.05) is 5.41 Å². The molecule has 0 aromatic heterocycles. The van der Waals surface area contributed by atoms with Crippen LogP contribution in [0.5, 0.6) is 0 Å². The third-order valence-corrected chi connectivity index (χ3v) is 11.1. The molecule has 8 atom stereocenters. The SMILES string of the molecule is CC(C)CCC[C@H](C)[C@H]1CC[C@H]2[C@H]3CC[C@H]4CC(C#CC(C)(C)C)=CC[C@]4(C)[C@@H]3CC[C@]12C. The molecule has 4 aliphatic carbocycles. The Labute approximate surface area is 207 Å². The van der Waals surface area contributed by atoms with Gasteiger partial charge in [-0.2, -0.15) is 0 Å². The van der Waals surface area contributed by atoms with Crippen LogP contribution in [0, 0.1) is 69.5 Å². The first-order valence-electron chi connectivity index (χ1n) is 14.7. The minimum Gasteiger partial charge on any atom is -0.0923 e. The van der Waals surface area contributed by atoms with Gasteiger partial charge in [-0.05, 0) is 130 Å². The summed E-state index contributed by atoms with van der Waals surface area (Å²) in [6.45, 7) is 19.5. The van der Waals surface area contributed by atoms with Crippen LogP contribution in [0.3, 0.4) is 0 Å². The predicted molar refractivity (Wildman–Crippen MR) is 144 cm³/mol. The number of allylic oxidation sites excluding steroid dienone is 2. The summed E-state index contributed by atoms with van der Waals surface area (Å²) in [7, 11) is 0. The molecule has 3 fully saturated rings. The lowest BCUT2D eigenvalue weighted by molar-refractivity contribution is -0.101. The zero-order valence-electron chi connectivity index (χ0n) is 23.4. The highest BCUT2D eigenvalue weighted by Crippen LogP contribution is 2.68. The van der Waals surface area contributed by atoms with E-state index in [0.717, 1.165) is 41.4 Å². The zero-order chi connectivity index (χ0) is 24.0. The first-order chi connectivity index (χ1) is 15.4. The van der Waals surface area contributed by atoms with E-state index in [1.807, 2.05) is 0 Å². The van der Waals surface area contributed by atoms with Crippen LogP contribution in [0.15, 0.2) is 11.6 Å². The van der Waals surface area contributed by atoms with Gasteiger partial charge in [0.2, 0.25) is 0 Å². The van der Waals surface area contributed by atoms with Crippen molar-refractivity contribution in [3.63, 3.8) is 0 Å². The molecule has 4 rings (SSSR count). The van der Waals surface area contributed by atoms with Gasteiger partial charge < -0.3 is 0 Å². The van der Waals surface area contributed by atoms with Crippen LogP contribution in [0.4, 0.5) is 0 Å². The molecular weight excluding hydrogens is 396 g/mol. The van der Waals surface area contributed by atoms with Crippen molar-refractivity contribution in [3.05, 3.63) is 11.6 Å². The lowest BCUT2D eigenvalue weighted by Gasteiger charge is -2.60. The summed E-state index contributed by atoms with van der Waals surface area (Å²) < 4.78 is 0. The molecule has 0 aliphatic heterocycles. The normalized spacial score (nSPS) is 41.4. The number of hydrogen-bond acceptors (Lipinski definition) is 0. The van der Waals surface area contributed by atoms with E-state index in [1.54, 1.807) is 0 Å². The molecule has 0 aromatic rings. The highest BCUT2D eigenvalue weighted by molar-refractivity contribution is 5.33. The lowest BCUT2D eigenvalue weighted by Crippen LogP contribution is -2.52. The molecule has 0 saturated heterocycles. The summed E-state index contributed by atoms with van der Waals surface area (Å²) >= 11 is 0. The molecule has 4 aliphatic rings. The van der Waals surface area contributed by atoms with Crippen LogP contribution in [-0.4, -0.2) is 0 Å². The number of hydrogen-bond donors (Lipinski definition) is 0. The molecule has 0 amide bonds. The average molecular weight is 451 g/mol. The van der Waals surface area contributed by atoms with Gasteiger partial charge in [0.1, 0.15) is 0 Å². The molecule has 0 heterocycles. The summed E-state index contributed by atoms with van der Waals surface area (Å²) in [5.41, 5.74) is 2.70. The van der Waals surface area contributed by atoms with E-state index in [2.05, 4.69) is 73.3 Å². The largest absolute Gasteiger partial charge is 0.0923 e. The van der Waals surface area contributed by atoms with Crippen molar-refractivity contribution in [1.29, 1.82) is 0 Å². The van der Waals surface area contributed by atoms with Crippen molar-refractivity contribution < 1.29 is 0 Å². The molecule has 0 bridgehead atoms. The molecule has 0 aromatic carbocycles. The second kappa shape index (κ2) is 9.40. The van der Waals surface area contributed by atoms with Gasteiger partial charge in [-0.25, -0.2) is 0 Å². The first kappa shape index (κ1) is 25.4. The van der Waals surface area contributed by atoms with Gasteiger partial charge in [0.05, 0.1) is 0 Å². The van der Waals surface area contributed by atoms with E-state index in [1.165, 1.54) is 76.2 Å². The van der Waals surface area contributed by atoms with Gasteiger partial charge in [-0.3, -0.25) is 0 Å². The van der Waals surface area contributed by atoms with Crippen LogP contribution in [-0.2, 0) is 0 Å². The van der Waals surface area contributed by atoms with Crippen molar-refractivity contribution in [3.8, 4) is 11.8 Å². The standard InChI is InChI=1S/C33H54/c1-23(2)10-9-11-24(3)28-14-15-29-27-13-12-26-22-25(16-19-31(4,5)6)17-20-32(26,7)30(27)18-21-33(28,29)8/h17,23-24,26-30H,9-15,18,20-22H2,1-8H3/t24-,26-,27+,28+,29-,30+,32-,33+/m0/s1. The van der Waals surface area contributed by atoms with E-state index in [0.29, 0.717) is 10.8 Å². The van der Waals surface area contributed by atoms with Gasteiger partial charge >= 0.3 is 0 Å². The molecule has 3 saturated carbocycles. The van der Waals surface area contributed by atoms with Crippen LogP contribution >= 0.6 is 0 Å². The average Bonchev–Trinajstić information content (AvgIpc) is 3.08. The van der Waals surface area contributed by atoms with Crippen molar-refractivity contribution in [1.82, 2.24) is 0 Å². The Morgan fingerprint density at radius 1 is 0.939 bits per heavy atom. The van der Waals surface area contributed by atoms with Gasteiger partial charge in [0.15, 0.2) is 0 Å². The molecule has 0 spiro atoms. The Morgan fingerprint density at radius 2 is 1.67 bits per heavy atom. The maximum absolute atomic E-state index is 3.58. The fourth-order valence-corrected chi connectivity index (χ4v) is 9.27. The van der Waals surface area contributed by atoms with E-state index < -0.39 is 0 Å². The maximum Gasteiger partial charge on any atom is 0.0233 e. The fraction of sp³-hybridized carbons (Fsp3) is 0.879. The van der Waals surface area contributed by atoms with Crippen molar-refractivity contribution >= 4 is 0 Å². The lowest BCUT2D eigenvalue weighted by atomic mass is 9.45. The maximum atomic E-state index is 3.58. The number of rotatable bonds is 5. The van der Waals surface area contributed by atoms with Crippen molar-refractivity contribution in [2.24, 2.45) is 57.7 Å². The summed E-state index contributed by atoms with van der Waals surface area (Å²) in [4.78, 5) is 0. The topological polar surface area (TPSA) is 0 Å². The molecule has 0 N–H and O–H groups in total. The Bertz CT molecular complexity index is 781. The van der Waals surface area contributed by atoms with E-state index in [9.17, 15) is 0 Å². The summed E-state index contributed by atoms with van der Waals surface area (Å²) in [5.74, 6) is 13.7. The second-order valence-electron chi connectivity index (χ2n) is 14.8. The fourth-order valence-electron chi connectivity index (χ4n) is 9.27. The zero-order valence-corrected chi connectivity index (χ0v) is 23.4. The van der Waals surface area contributed by atoms with Crippen molar-refractivity contribution in [2.45, 2.75) is 126 Å². The van der Waals surface area contributed by atoms with E-state index in [4.69, 9.17) is 0 Å². The summed E-state index contributed by atoms with van der Waals surface area (Å²) in [6.07, 6.45) is 18.4. The van der Waals surface area contributed by atoms with Crippen molar-refractivity contribution in [2.75, 3.05) is 0 Å².